The second-order valence-corrected chi connectivity index (χ2v) is 5.09. The van der Waals surface area contributed by atoms with E-state index in [1.807, 2.05) is 56.6 Å². The average molecular weight is 311 g/mol. The first kappa shape index (κ1) is 16.5. The van der Waals surface area contributed by atoms with Gasteiger partial charge in [0.05, 0.1) is 26.6 Å². The molecule has 0 aliphatic carbocycles. The van der Waals surface area contributed by atoms with Crippen molar-refractivity contribution in [1.29, 1.82) is 0 Å². The molecule has 0 amide bonds. The minimum atomic E-state index is 0.666. The summed E-state index contributed by atoms with van der Waals surface area (Å²) in [7, 11) is 7.23. The van der Waals surface area contributed by atoms with E-state index in [2.05, 4.69) is 15.1 Å². The molecule has 0 spiro atoms. The first-order chi connectivity index (χ1) is 11.1. The molecule has 0 atom stereocenters. The lowest BCUT2D eigenvalue weighted by Crippen LogP contribution is -2.08. The lowest BCUT2D eigenvalue weighted by molar-refractivity contribution is 0.355. The second-order valence-electron chi connectivity index (χ2n) is 5.09. The van der Waals surface area contributed by atoms with E-state index in [1.165, 1.54) is 0 Å². The van der Waals surface area contributed by atoms with Crippen molar-refractivity contribution in [2.24, 2.45) is 10.2 Å². The summed E-state index contributed by atoms with van der Waals surface area (Å²) >= 11 is 0. The summed E-state index contributed by atoms with van der Waals surface area (Å²) in [6.07, 6.45) is 3.39. The third-order valence-electron chi connectivity index (χ3n) is 3.30. The van der Waals surface area contributed by atoms with Crippen LogP contribution in [0.4, 0.5) is 5.69 Å². The Labute approximate surface area is 136 Å². The molecule has 5 heteroatoms. The van der Waals surface area contributed by atoms with Gasteiger partial charge in [0.25, 0.3) is 0 Å². The Hall–Kier alpha value is -2.82. The van der Waals surface area contributed by atoms with Crippen LogP contribution in [0.25, 0.3) is 0 Å². The van der Waals surface area contributed by atoms with Crippen LogP contribution in [-0.4, -0.2) is 40.7 Å². The summed E-state index contributed by atoms with van der Waals surface area (Å²) in [5, 5.41) is 8.13. The zero-order valence-corrected chi connectivity index (χ0v) is 13.9. The molecule has 0 N–H and O–H groups in total. The van der Waals surface area contributed by atoms with Gasteiger partial charge in [-0.3, -0.25) is 0 Å². The molecule has 0 saturated heterocycles. The van der Waals surface area contributed by atoms with E-state index in [-0.39, 0.29) is 0 Å². The van der Waals surface area contributed by atoms with Crippen LogP contribution in [0.2, 0.25) is 0 Å². The van der Waals surface area contributed by atoms with Gasteiger partial charge in [-0.1, -0.05) is 12.1 Å². The quantitative estimate of drug-likeness (QED) is 0.608. The largest absolute Gasteiger partial charge is 0.493 e. The number of rotatable bonds is 6. The number of hydrogen-bond acceptors (Lipinski definition) is 5. The van der Waals surface area contributed by atoms with Crippen molar-refractivity contribution in [3.8, 4) is 11.5 Å². The van der Waals surface area contributed by atoms with Gasteiger partial charge < -0.3 is 14.4 Å². The monoisotopic (exact) mass is 311 g/mol. The van der Waals surface area contributed by atoms with E-state index in [0.717, 1.165) is 16.8 Å². The number of hydrogen-bond donors (Lipinski definition) is 0. The van der Waals surface area contributed by atoms with Crippen molar-refractivity contribution in [2.45, 2.75) is 0 Å². The molecule has 0 heterocycles. The summed E-state index contributed by atoms with van der Waals surface area (Å²) < 4.78 is 10.5. The fourth-order valence-electron chi connectivity index (χ4n) is 1.99. The van der Waals surface area contributed by atoms with Gasteiger partial charge in [0.15, 0.2) is 11.5 Å². The molecule has 0 aromatic heterocycles. The Balaban J connectivity index is 2.03. The topological polar surface area (TPSA) is 46.4 Å². The van der Waals surface area contributed by atoms with E-state index < -0.39 is 0 Å². The predicted molar refractivity (Wildman–Crippen MR) is 95.5 cm³/mol. The number of anilines is 1. The molecule has 0 saturated carbocycles. The van der Waals surface area contributed by atoms with Crippen LogP contribution in [0.5, 0.6) is 11.5 Å². The molecule has 2 aromatic carbocycles. The molecule has 0 aliphatic heterocycles. The van der Waals surface area contributed by atoms with Crippen LogP contribution in [0.1, 0.15) is 11.1 Å². The molecule has 5 nitrogen and oxygen atoms in total. The minimum Gasteiger partial charge on any atom is -0.493 e. The highest BCUT2D eigenvalue weighted by Crippen LogP contribution is 2.26. The SMILES string of the molecule is COc1ccc(/C=N/N=C/c2ccc(N(C)C)cc2)cc1OC. The first-order valence-corrected chi connectivity index (χ1v) is 7.20. The Morgan fingerprint density at radius 2 is 1.35 bits per heavy atom. The third kappa shape index (κ3) is 4.57. The Bertz CT molecular complexity index is 692. The van der Waals surface area contributed by atoms with Crippen molar-refractivity contribution < 1.29 is 9.47 Å². The summed E-state index contributed by atoms with van der Waals surface area (Å²) in [5.41, 5.74) is 3.04. The minimum absolute atomic E-state index is 0.666. The number of ether oxygens (including phenoxy) is 2. The maximum atomic E-state index is 5.25. The smallest absolute Gasteiger partial charge is 0.161 e. The van der Waals surface area contributed by atoms with E-state index in [9.17, 15) is 0 Å². The summed E-state index contributed by atoms with van der Waals surface area (Å²) in [5.74, 6) is 1.36. The van der Waals surface area contributed by atoms with Gasteiger partial charge in [0.2, 0.25) is 0 Å². The fraction of sp³-hybridized carbons (Fsp3) is 0.222. The molecule has 0 bridgehead atoms. The van der Waals surface area contributed by atoms with Crippen molar-refractivity contribution in [3.05, 3.63) is 53.6 Å². The van der Waals surface area contributed by atoms with E-state index in [1.54, 1.807) is 26.6 Å². The van der Waals surface area contributed by atoms with Crippen LogP contribution in [0, 0.1) is 0 Å². The van der Waals surface area contributed by atoms with Gasteiger partial charge in [-0.15, -0.1) is 0 Å². The Morgan fingerprint density at radius 1 is 0.783 bits per heavy atom. The molecule has 0 radical (unpaired) electrons. The van der Waals surface area contributed by atoms with E-state index in [0.29, 0.717) is 11.5 Å². The summed E-state index contributed by atoms with van der Waals surface area (Å²) in [6.45, 7) is 0. The molecule has 120 valence electrons. The highest BCUT2D eigenvalue weighted by molar-refractivity contribution is 5.83. The predicted octanol–water partition coefficient (Wildman–Crippen LogP) is 3.22. The van der Waals surface area contributed by atoms with Gasteiger partial charge in [-0.25, -0.2) is 0 Å². The highest BCUT2D eigenvalue weighted by Gasteiger charge is 2.02. The van der Waals surface area contributed by atoms with Crippen LogP contribution >= 0.6 is 0 Å². The molecule has 0 fully saturated rings. The van der Waals surface area contributed by atoms with E-state index in [4.69, 9.17) is 9.47 Å². The standard InChI is InChI=1S/C18H21N3O2/c1-21(2)16-8-5-14(6-9-16)12-19-20-13-15-7-10-17(22-3)18(11-15)23-4/h5-13H,1-4H3/b19-12+,20-13+. The normalized spacial score (nSPS) is 11.1. The molecule has 0 unspecified atom stereocenters. The highest BCUT2D eigenvalue weighted by atomic mass is 16.5. The Morgan fingerprint density at radius 3 is 1.91 bits per heavy atom. The maximum Gasteiger partial charge on any atom is 0.161 e. The van der Waals surface area contributed by atoms with Crippen molar-refractivity contribution in [2.75, 3.05) is 33.2 Å². The van der Waals surface area contributed by atoms with Crippen molar-refractivity contribution in [3.63, 3.8) is 0 Å². The lowest BCUT2D eigenvalue weighted by Gasteiger charge is -2.11. The zero-order chi connectivity index (χ0) is 16.7. The number of benzene rings is 2. The average Bonchev–Trinajstić information content (AvgIpc) is 2.58. The van der Waals surface area contributed by atoms with Gasteiger partial charge in [-0.2, -0.15) is 10.2 Å². The van der Waals surface area contributed by atoms with Crippen molar-refractivity contribution >= 4 is 18.1 Å². The number of nitrogens with zero attached hydrogens (tertiary/aromatic N) is 3. The molecular weight excluding hydrogens is 290 g/mol. The first-order valence-electron chi connectivity index (χ1n) is 7.20. The maximum absolute atomic E-state index is 5.25. The van der Waals surface area contributed by atoms with E-state index >= 15 is 0 Å². The second kappa shape index (κ2) is 7.98. The van der Waals surface area contributed by atoms with Crippen molar-refractivity contribution in [1.82, 2.24) is 0 Å². The zero-order valence-electron chi connectivity index (χ0n) is 13.9. The van der Waals surface area contributed by atoms with Gasteiger partial charge in [0.1, 0.15) is 0 Å². The van der Waals surface area contributed by atoms with Crippen LogP contribution in [0.15, 0.2) is 52.7 Å². The van der Waals surface area contributed by atoms with Gasteiger partial charge in [-0.05, 0) is 41.5 Å². The molecule has 2 rings (SSSR count). The van der Waals surface area contributed by atoms with Gasteiger partial charge in [0, 0.05) is 19.8 Å². The molecule has 0 aliphatic rings. The van der Waals surface area contributed by atoms with Crippen LogP contribution in [0.3, 0.4) is 0 Å². The van der Waals surface area contributed by atoms with Crippen LogP contribution < -0.4 is 14.4 Å². The third-order valence-corrected chi connectivity index (χ3v) is 3.30. The molecule has 23 heavy (non-hydrogen) atoms. The summed E-state index contributed by atoms with van der Waals surface area (Å²) in [6, 6.07) is 13.7. The number of methoxy groups -OCH3 is 2. The molecule has 2 aromatic rings. The fourth-order valence-corrected chi connectivity index (χ4v) is 1.99. The summed E-state index contributed by atoms with van der Waals surface area (Å²) in [4.78, 5) is 2.05. The lowest BCUT2D eigenvalue weighted by atomic mass is 10.2. The molecular formula is C18H21N3O2. The van der Waals surface area contributed by atoms with Gasteiger partial charge >= 0.3 is 0 Å². The Kier molecular flexibility index (Phi) is 5.74. The van der Waals surface area contributed by atoms with Crippen LogP contribution in [-0.2, 0) is 0 Å².